The van der Waals surface area contributed by atoms with E-state index in [4.69, 9.17) is 11.6 Å². The molecule has 0 aliphatic carbocycles. The third-order valence-electron chi connectivity index (χ3n) is 2.12. The minimum atomic E-state index is -4.51. The zero-order valence-corrected chi connectivity index (χ0v) is 9.21. The lowest BCUT2D eigenvalue weighted by molar-refractivity contribution is -0.0581. The number of aliphatic imine (C=N–C) groups is 1. The molecule has 0 unspecified atom stereocenters. The molecule has 1 aliphatic heterocycles. The van der Waals surface area contributed by atoms with Crippen LogP contribution >= 0.6 is 11.6 Å². The summed E-state index contributed by atoms with van der Waals surface area (Å²) >= 11 is 5.68. The fourth-order valence-electron chi connectivity index (χ4n) is 1.34. The first kappa shape index (κ1) is 12.3. The molecule has 0 aromatic carbocycles. The van der Waals surface area contributed by atoms with Crippen LogP contribution in [0.1, 0.15) is 20.3 Å². The third kappa shape index (κ3) is 2.62. The SMILES string of the molecule is C=C1CC(C(C)C)=C(Cl)C(C(F)(F)F)=N1. The van der Waals surface area contributed by atoms with Crippen molar-refractivity contribution in [2.24, 2.45) is 10.9 Å². The highest BCUT2D eigenvalue weighted by atomic mass is 35.5. The molecular weight excluding hydrogens is 227 g/mol. The summed E-state index contributed by atoms with van der Waals surface area (Å²) in [6.07, 6.45) is -4.20. The van der Waals surface area contributed by atoms with E-state index in [0.717, 1.165) is 0 Å². The summed E-state index contributed by atoms with van der Waals surface area (Å²) in [6.45, 7) is 7.06. The van der Waals surface area contributed by atoms with Crippen LogP contribution in [0.25, 0.3) is 0 Å². The van der Waals surface area contributed by atoms with E-state index in [9.17, 15) is 13.2 Å². The van der Waals surface area contributed by atoms with E-state index in [1.807, 2.05) is 0 Å². The Balaban J connectivity index is 3.22. The molecule has 5 heteroatoms. The van der Waals surface area contributed by atoms with Gasteiger partial charge in [0.15, 0.2) is 5.71 Å². The topological polar surface area (TPSA) is 12.4 Å². The summed E-state index contributed by atoms with van der Waals surface area (Å²) in [5.41, 5.74) is -0.275. The predicted molar refractivity (Wildman–Crippen MR) is 55.0 cm³/mol. The third-order valence-corrected chi connectivity index (χ3v) is 2.54. The van der Waals surface area contributed by atoms with Crippen LogP contribution in [0.15, 0.2) is 27.9 Å². The predicted octanol–water partition coefficient (Wildman–Crippen LogP) is 4.06. The summed E-state index contributed by atoms with van der Waals surface area (Å²) in [5.74, 6) is -0.0397. The van der Waals surface area contributed by atoms with Gasteiger partial charge in [0.1, 0.15) is 0 Å². The molecule has 0 N–H and O–H groups in total. The Morgan fingerprint density at radius 3 is 2.33 bits per heavy atom. The molecular formula is C10H11ClF3N. The number of nitrogens with zero attached hydrogens (tertiary/aromatic N) is 1. The van der Waals surface area contributed by atoms with Crippen LogP contribution in [-0.2, 0) is 0 Å². The van der Waals surface area contributed by atoms with Gasteiger partial charge < -0.3 is 0 Å². The zero-order chi connectivity index (χ0) is 11.8. The van der Waals surface area contributed by atoms with Crippen molar-refractivity contribution >= 4 is 17.3 Å². The molecule has 0 amide bonds. The quantitative estimate of drug-likeness (QED) is 0.652. The van der Waals surface area contributed by atoms with E-state index in [1.54, 1.807) is 13.8 Å². The normalized spacial score (nSPS) is 18.6. The lowest BCUT2D eigenvalue weighted by Gasteiger charge is -2.22. The molecule has 0 aromatic rings. The van der Waals surface area contributed by atoms with E-state index in [0.29, 0.717) is 12.0 Å². The van der Waals surface area contributed by atoms with Crippen molar-refractivity contribution in [3.05, 3.63) is 22.9 Å². The van der Waals surface area contributed by atoms with Crippen LogP contribution in [-0.4, -0.2) is 11.9 Å². The number of dihydropyridines is 1. The minimum Gasteiger partial charge on any atom is -0.247 e. The van der Waals surface area contributed by atoms with Gasteiger partial charge in [0.2, 0.25) is 0 Å². The summed E-state index contributed by atoms with van der Waals surface area (Å²) in [5, 5.41) is -0.273. The Morgan fingerprint density at radius 2 is 1.93 bits per heavy atom. The maximum atomic E-state index is 12.5. The Morgan fingerprint density at radius 1 is 1.40 bits per heavy atom. The van der Waals surface area contributed by atoms with Gasteiger partial charge in [-0.2, -0.15) is 13.2 Å². The van der Waals surface area contributed by atoms with Crippen molar-refractivity contribution in [1.82, 2.24) is 0 Å². The van der Waals surface area contributed by atoms with E-state index in [2.05, 4.69) is 11.6 Å². The highest BCUT2D eigenvalue weighted by Crippen LogP contribution is 2.36. The molecule has 0 radical (unpaired) electrons. The minimum absolute atomic E-state index is 0.0397. The lowest BCUT2D eigenvalue weighted by Crippen LogP contribution is -2.27. The van der Waals surface area contributed by atoms with Crippen molar-refractivity contribution in [3.63, 3.8) is 0 Å². The maximum Gasteiger partial charge on any atom is 0.434 e. The average molecular weight is 238 g/mol. The van der Waals surface area contributed by atoms with E-state index >= 15 is 0 Å². The van der Waals surface area contributed by atoms with Crippen molar-refractivity contribution in [2.45, 2.75) is 26.4 Å². The summed E-state index contributed by atoms with van der Waals surface area (Å²) in [6, 6.07) is 0. The summed E-state index contributed by atoms with van der Waals surface area (Å²) < 4.78 is 37.5. The smallest absolute Gasteiger partial charge is 0.247 e. The number of rotatable bonds is 1. The van der Waals surface area contributed by atoms with Gasteiger partial charge >= 0.3 is 6.18 Å². The summed E-state index contributed by atoms with van der Waals surface area (Å²) in [7, 11) is 0. The monoisotopic (exact) mass is 237 g/mol. The maximum absolute atomic E-state index is 12.5. The van der Waals surface area contributed by atoms with Crippen LogP contribution in [0, 0.1) is 5.92 Å². The van der Waals surface area contributed by atoms with Crippen LogP contribution in [0.5, 0.6) is 0 Å². The fourth-order valence-corrected chi connectivity index (χ4v) is 1.78. The second-order valence-corrected chi connectivity index (χ2v) is 4.07. The fraction of sp³-hybridized carbons (Fsp3) is 0.500. The molecule has 84 valence electrons. The first-order chi connectivity index (χ1) is 6.73. The Labute approximate surface area is 91.3 Å². The molecule has 0 spiro atoms. The van der Waals surface area contributed by atoms with Crippen molar-refractivity contribution in [2.75, 3.05) is 0 Å². The number of halogens is 4. The standard InChI is InChI=1S/C10H11ClF3N/c1-5(2)7-4-6(3)15-9(8(7)11)10(12,13)14/h5H,3-4H2,1-2H3. The van der Waals surface area contributed by atoms with Crippen molar-refractivity contribution in [1.29, 1.82) is 0 Å². The zero-order valence-electron chi connectivity index (χ0n) is 8.45. The number of alkyl halides is 3. The van der Waals surface area contributed by atoms with Crippen LogP contribution in [0.3, 0.4) is 0 Å². The highest BCUT2D eigenvalue weighted by Gasteiger charge is 2.40. The van der Waals surface area contributed by atoms with Gasteiger partial charge in [-0.05, 0) is 11.5 Å². The molecule has 15 heavy (non-hydrogen) atoms. The summed E-state index contributed by atoms with van der Waals surface area (Å²) in [4.78, 5) is 3.37. The average Bonchev–Trinajstić information content (AvgIpc) is 2.06. The Kier molecular flexibility index (Phi) is 3.28. The van der Waals surface area contributed by atoms with Gasteiger partial charge in [0, 0.05) is 12.1 Å². The Hall–Kier alpha value is -0.770. The van der Waals surface area contributed by atoms with Crippen molar-refractivity contribution < 1.29 is 13.2 Å². The number of hydrogen-bond acceptors (Lipinski definition) is 1. The highest BCUT2D eigenvalue weighted by molar-refractivity contribution is 6.45. The molecule has 0 saturated heterocycles. The molecule has 0 bridgehead atoms. The first-order valence-electron chi connectivity index (χ1n) is 4.46. The molecule has 0 atom stereocenters. The second-order valence-electron chi connectivity index (χ2n) is 3.70. The van der Waals surface area contributed by atoms with Gasteiger partial charge in [-0.25, -0.2) is 4.99 Å². The molecule has 0 aromatic heterocycles. The molecule has 0 saturated carbocycles. The molecule has 1 heterocycles. The van der Waals surface area contributed by atoms with Crippen LogP contribution in [0.4, 0.5) is 13.2 Å². The van der Waals surface area contributed by atoms with Crippen LogP contribution in [0.2, 0.25) is 0 Å². The molecule has 1 aliphatic rings. The number of allylic oxidation sites excluding steroid dienone is 2. The van der Waals surface area contributed by atoms with Gasteiger partial charge in [-0.1, -0.05) is 32.0 Å². The van der Waals surface area contributed by atoms with Gasteiger partial charge in [0.05, 0.1) is 5.03 Å². The Bertz CT molecular complexity index is 350. The van der Waals surface area contributed by atoms with Crippen molar-refractivity contribution in [3.8, 4) is 0 Å². The molecule has 1 rings (SSSR count). The molecule has 0 fully saturated rings. The van der Waals surface area contributed by atoms with E-state index < -0.39 is 11.9 Å². The van der Waals surface area contributed by atoms with Gasteiger partial charge in [-0.3, -0.25) is 0 Å². The second kappa shape index (κ2) is 4.00. The largest absolute Gasteiger partial charge is 0.434 e. The van der Waals surface area contributed by atoms with Crippen LogP contribution < -0.4 is 0 Å². The lowest BCUT2D eigenvalue weighted by atomic mass is 9.95. The van der Waals surface area contributed by atoms with E-state index in [-0.39, 0.29) is 16.6 Å². The van der Waals surface area contributed by atoms with E-state index in [1.165, 1.54) is 0 Å². The van der Waals surface area contributed by atoms with Gasteiger partial charge in [0.25, 0.3) is 0 Å². The number of hydrogen-bond donors (Lipinski definition) is 0. The molecule has 1 nitrogen and oxygen atoms in total. The van der Waals surface area contributed by atoms with Gasteiger partial charge in [-0.15, -0.1) is 0 Å². The first-order valence-corrected chi connectivity index (χ1v) is 4.84.